The fourth-order valence-corrected chi connectivity index (χ4v) is 2.42. The molecule has 3 nitrogen and oxygen atoms in total. The number of nitriles is 1. The van der Waals surface area contributed by atoms with Gasteiger partial charge in [0.2, 0.25) is 0 Å². The summed E-state index contributed by atoms with van der Waals surface area (Å²) in [5, 5.41) is 9.21. The van der Waals surface area contributed by atoms with Crippen LogP contribution in [-0.4, -0.2) is 12.1 Å². The molecule has 1 aromatic heterocycles. The van der Waals surface area contributed by atoms with Gasteiger partial charge in [-0.2, -0.15) is 5.26 Å². The van der Waals surface area contributed by atoms with Gasteiger partial charge in [0.05, 0.1) is 18.4 Å². The van der Waals surface area contributed by atoms with Crippen LogP contribution in [0.1, 0.15) is 16.7 Å². The van der Waals surface area contributed by atoms with Crippen molar-refractivity contribution in [2.45, 2.75) is 6.42 Å². The SMILES string of the molecule is COc1ccc2c(c1)-c1nc(Cl)c(C#N)cc1C2. The minimum absolute atomic E-state index is 0.256. The Kier molecular flexibility index (Phi) is 2.46. The third-order valence-electron chi connectivity index (χ3n) is 3.13. The molecule has 88 valence electrons. The van der Waals surface area contributed by atoms with Crippen molar-refractivity contribution in [3.8, 4) is 23.1 Å². The highest BCUT2D eigenvalue weighted by Gasteiger charge is 2.22. The third kappa shape index (κ3) is 1.54. The van der Waals surface area contributed by atoms with Crippen LogP contribution in [0.2, 0.25) is 5.15 Å². The first-order valence-corrected chi connectivity index (χ1v) is 5.87. The predicted molar refractivity (Wildman–Crippen MR) is 68.8 cm³/mol. The number of halogens is 1. The molecule has 18 heavy (non-hydrogen) atoms. The van der Waals surface area contributed by atoms with Crippen molar-refractivity contribution >= 4 is 11.6 Å². The minimum atomic E-state index is 0.256. The Morgan fingerprint density at radius 1 is 1.33 bits per heavy atom. The first-order chi connectivity index (χ1) is 8.72. The van der Waals surface area contributed by atoms with Crippen molar-refractivity contribution in [2.24, 2.45) is 0 Å². The van der Waals surface area contributed by atoms with Crippen LogP contribution >= 0.6 is 11.6 Å². The van der Waals surface area contributed by atoms with Crippen molar-refractivity contribution in [3.63, 3.8) is 0 Å². The monoisotopic (exact) mass is 256 g/mol. The summed E-state index contributed by atoms with van der Waals surface area (Å²) >= 11 is 5.98. The average molecular weight is 257 g/mol. The van der Waals surface area contributed by atoms with E-state index in [1.165, 1.54) is 5.56 Å². The number of aromatic nitrogens is 1. The highest BCUT2D eigenvalue weighted by Crippen LogP contribution is 2.38. The van der Waals surface area contributed by atoms with Crippen LogP contribution in [0.15, 0.2) is 24.3 Å². The Morgan fingerprint density at radius 3 is 2.89 bits per heavy atom. The smallest absolute Gasteiger partial charge is 0.147 e. The van der Waals surface area contributed by atoms with Gasteiger partial charge in [-0.25, -0.2) is 4.98 Å². The maximum Gasteiger partial charge on any atom is 0.147 e. The summed E-state index contributed by atoms with van der Waals surface area (Å²) in [5.41, 5.74) is 4.54. The van der Waals surface area contributed by atoms with E-state index in [-0.39, 0.29) is 5.15 Å². The first kappa shape index (κ1) is 11.1. The fourth-order valence-electron chi connectivity index (χ4n) is 2.24. The van der Waals surface area contributed by atoms with Gasteiger partial charge in [-0.1, -0.05) is 17.7 Å². The zero-order valence-electron chi connectivity index (χ0n) is 9.70. The van der Waals surface area contributed by atoms with Gasteiger partial charge in [0.1, 0.15) is 17.0 Å². The van der Waals surface area contributed by atoms with E-state index in [1.54, 1.807) is 7.11 Å². The summed E-state index contributed by atoms with van der Waals surface area (Å²) in [7, 11) is 1.64. The van der Waals surface area contributed by atoms with E-state index in [4.69, 9.17) is 21.6 Å². The normalized spacial score (nSPS) is 11.6. The van der Waals surface area contributed by atoms with Gasteiger partial charge in [-0.15, -0.1) is 0 Å². The van der Waals surface area contributed by atoms with Gasteiger partial charge in [0.15, 0.2) is 0 Å². The number of methoxy groups -OCH3 is 1. The van der Waals surface area contributed by atoms with Crippen molar-refractivity contribution in [1.82, 2.24) is 4.98 Å². The molecule has 0 amide bonds. The summed E-state index contributed by atoms with van der Waals surface area (Å²) < 4.78 is 5.22. The van der Waals surface area contributed by atoms with E-state index in [2.05, 4.69) is 11.1 Å². The second kappa shape index (κ2) is 4.01. The molecular formula is C14H9ClN2O. The Morgan fingerprint density at radius 2 is 2.17 bits per heavy atom. The quantitative estimate of drug-likeness (QED) is 0.628. The molecule has 0 saturated carbocycles. The Hall–Kier alpha value is -2.05. The molecule has 0 unspecified atom stereocenters. The summed E-state index contributed by atoms with van der Waals surface area (Å²) in [5.74, 6) is 0.795. The van der Waals surface area contributed by atoms with E-state index in [0.717, 1.165) is 29.0 Å². The van der Waals surface area contributed by atoms with Crippen molar-refractivity contribution in [2.75, 3.05) is 7.11 Å². The van der Waals surface area contributed by atoms with E-state index in [9.17, 15) is 0 Å². The Labute approximate surface area is 110 Å². The number of nitrogens with zero attached hydrogens (tertiary/aromatic N) is 2. The molecule has 0 N–H and O–H groups in total. The third-order valence-corrected chi connectivity index (χ3v) is 3.42. The van der Waals surface area contributed by atoms with Crippen LogP contribution in [0.3, 0.4) is 0 Å². The molecule has 1 aliphatic carbocycles. The van der Waals surface area contributed by atoms with Crippen LogP contribution in [0.4, 0.5) is 0 Å². The zero-order valence-corrected chi connectivity index (χ0v) is 10.5. The minimum Gasteiger partial charge on any atom is -0.497 e. The van der Waals surface area contributed by atoms with Crippen molar-refractivity contribution in [1.29, 1.82) is 5.26 Å². The van der Waals surface area contributed by atoms with Gasteiger partial charge in [0, 0.05) is 12.0 Å². The number of rotatable bonds is 1. The second-order valence-electron chi connectivity index (χ2n) is 4.15. The highest BCUT2D eigenvalue weighted by atomic mass is 35.5. The standard InChI is InChI=1S/C14H9ClN2O/c1-18-11-3-2-8-4-9-5-10(7-16)14(15)17-13(9)12(8)6-11/h2-3,5-6H,4H2,1H3. The summed E-state index contributed by atoms with van der Waals surface area (Å²) in [6, 6.07) is 9.78. The largest absolute Gasteiger partial charge is 0.497 e. The maximum absolute atomic E-state index is 8.95. The average Bonchev–Trinajstić information content (AvgIpc) is 2.74. The van der Waals surface area contributed by atoms with Gasteiger partial charge in [-0.3, -0.25) is 0 Å². The van der Waals surface area contributed by atoms with Crippen LogP contribution in [0.5, 0.6) is 5.75 Å². The van der Waals surface area contributed by atoms with Gasteiger partial charge < -0.3 is 4.74 Å². The van der Waals surface area contributed by atoms with Gasteiger partial charge in [0.25, 0.3) is 0 Å². The molecule has 4 heteroatoms. The summed E-state index contributed by atoms with van der Waals surface area (Å²) in [6.07, 6.45) is 0.785. The van der Waals surface area contributed by atoms with Gasteiger partial charge in [-0.05, 0) is 29.3 Å². The van der Waals surface area contributed by atoms with Crippen LogP contribution < -0.4 is 4.74 Å². The van der Waals surface area contributed by atoms with Crippen LogP contribution in [0.25, 0.3) is 11.3 Å². The fraction of sp³-hybridized carbons (Fsp3) is 0.143. The molecule has 0 radical (unpaired) electrons. The molecule has 1 aliphatic rings. The first-order valence-electron chi connectivity index (χ1n) is 5.49. The number of pyridine rings is 1. The van der Waals surface area contributed by atoms with E-state index in [0.29, 0.717) is 5.56 Å². The Balaban J connectivity index is 2.21. The van der Waals surface area contributed by atoms with E-state index >= 15 is 0 Å². The van der Waals surface area contributed by atoms with Crippen molar-refractivity contribution < 1.29 is 4.74 Å². The molecule has 0 bridgehead atoms. The number of ether oxygens (including phenoxy) is 1. The summed E-state index contributed by atoms with van der Waals surface area (Å²) in [6.45, 7) is 0. The molecule has 0 atom stereocenters. The molecule has 2 aromatic rings. The lowest BCUT2D eigenvalue weighted by Gasteiger charge is -2.04. The van der Waals surface area contributed by atoms with Crippen LogP contribution in [0, 0.1) is 11.3 Å². The van der Waals surface area contributed by atoms with E-state index in [1.807, 2.05) is 24.3 Å². The topological polar surface area (TPSA) is 45.9 Å². The molecule has 3 rings (SSSR count). The molecule has 0 aliphatic heterocycles. The van der Waals surface area contributed by atoms with Crippen LogP contribution in [-0.2, 0) is 6.42 Å². The molecule has 0 spiro atoms. The molecular weight excluding hydrogens is 248 g/mol. The number of fused-ring (bicyclic) bond motifs is 3. The lowest BCUT2D eigenvalue weighted by Crippen LogP contribution is -1.90. The zero-order chi connectivity index (χ0) is 12.7. The van der Waals surface area contributed by atoms with Crippen molar-refractivity contribution in [3.05, 3.63) is 46.1 Å². The second-order valence-corrected chi connectivity index (χ2v) is 4.50. The number of hydrogen-bond donors (Lipinski definition) is 0. The molecule has 1 aromatic carbocycles. The Bertz CT molecular complexity index is 689. The predicted octanol–water partition coefficient (Wildman–Crippen LogP) is 3.19. The highest BCUT2D eigenvalue weighted by molar-refractivity contribution is 6.30. The lowest BCUT2D eigenvalue weighted by molar-refractivity contribution is 0.415. The number of benzene rings is 1. The molecule has 0 fully saturated rings. The number of hydrogen-bond acceptors (Lipinski definition) is 3. The van der Waals surface area contributed by atoms with Gasteiger partial charge >= 0.3 is 0 Å². The molecule has 1 heterocycles. The molecule has 0 saturated heterocycles. The summed E-state index contributed by atoms with van der Waals surface area (Å²) in [4.78, 5) is 4.33. The van der Waals surface area contributed by atoms with E-state index < -0.39 is 0 Å². The lowest BCUT2D eigenvalue weighted by atomic mass is 10.1. The maximum atomic E-state index is 8.95.